The maximum Gasteiger partial charge on any atom is 0.294 e. The number of anilines is 1. The maximum absolute atomic E-state index is 11.7. The van der Waals surface area contributed by atoms with E-state index < -0.39 is 25.7 Å². The highest BCUT2D eigenvalue weighted by molar-refractivity contribution is 7.86. The van der Waals surface area contributed by atoms with Crippen LogP contribution in [0.25, 0.3) is 0 Å². The van der Waals surface area contributed by atoms with Crippen LogP contribution < -0.4 is 4.90 Å². The summed E-state index contributed by atoms with van der Waals surface area (Å²) < 4.78 is 64.3. The molecule has 0 radical (unpaired) electrons. The third-order valence-electron chi connectivity index (χ3n) is 6.34. The molecule has 0 aromatic heterocycles. The van der Waals surface area contributed by atoms with E-state index >= 15 is 0 Å². The van der Waals surface area contributed by atoms with Crippen molar-refractivity contribution in [1.82, 2.24) is 0 Å². The predicted octanol–water partition coefficient (Wildman–Crippen LogP) is 5.37. The van der Waals surface area contributed by atoms with Gasteiger partial charge in [-0.3, -0.25) is 9.11 Å². The van der Waals surface area contributed by atoms with Gasteiger partial charge in [0.05, 0.1) is 10.6 Å². The molecule has 1 heterocycles. The molecule has 1 aromatic rings. The first-order chi connectivity index (χ1) is 15.8. The first-order valence-corrected chi connectivity index (χ1v) is 14.5. The molecular formula is C24H30ClNO6S2. The summed E-state index contributed by atoms with van der Waals surface area (Å²) in [4.78, 5) is 1.85. The van der Waals surface area contributed by atoms with Gasteiger partial charge in [0.25, 0.3) is 20.2 Å². The molecular weight excluding hydrogens is 498 g/mol. The van der Waals surface area contributed by atoms with Crippen molar-refractivity contribution in [2.24, 2.45) is 0 Å². The minimum atomic E-state index is -4.37. The second-order valence-corrected chi connectivity index (χ2v) is 12.4. The Bertz CT molecular complexity index is 1290. The lowest BCUT2D eigenvalue weighted by Gasteiger charge is -2.27. The smallest absolute Gasteiger partial charge is 0.294 e. The number of hydrogen-bond acceptors (Lipinski definition) is 5. The Balaban J connectivity index is 2.04. The molecule has 1 aromatic carbocycles. The van der Waals surface area contributed by atoms with Crippen LogP contribution in [0, 0.1) is 0 Å². The highest BCUT2D eigenvalue weighted by Crippen LogP contribution is 2.48. The second-order valence-electron chi connectivity index (χ2n) is 9.06. The average Bonchev–Trinajstić information content (AvgIpc) is 2.95. The van der Waals surface area contributed by atoms with Gasteiger partial charge in [-0.15, -0.1) is 0 Å². The van der Waals surface area contributed by atoms with Crippen molar-refractivity contribution in [3.63, 3.8) is 0 Å². The number of nitrogens with zero attached hydrogens (tertiary/aromatic N) is 1. The lowest BCUT2D eigenvalue weighted by Crippen LogP contribution is -2.27. The Hall–Kier alpha value is -1.91. The van der Waals surface area contributed by atoms with Crippen LogP contribution in [0.1, 0.15) is 51.5 Å². The highest BCUT2D eigenvalue weighted by Gasteiger charge is 2.40. The van der Waals surface area contributed by atoms with Gasteiger partial charge in [-0.05, 0) is 73.1 Å². The summed E-state index contributed by atoms with van der Waals surface area (Å²) in [6.45, 7) is 8.23. The molecule has 7 nitrogen and oxygen atoms in total. The van der Waals surface area contributed by atoms with Crippen LogP contribution in [0.4, 0.5) is 5.69 Å². The lowest BCUT2D eigenvalue weighted by molar-refractivity contribution is 0.478. The van der Waals surface area contributed by atoms with Crippen LogP contribution in [0.2, 0.25) is 0 Å². The molecule has 0 fully saturated rings. The summed E-state index contributed by atoms with van der Waals surface area (Å²) in [5, 5.41) is 0.694. The Morgan fingerprint density at radius 1 is 1.12 bits per heavy atom. The van der Waals surface area contributed by atoms with Gasteiger partial charge in [0.1, 0.15) is 0 Å². The van der Waals surface area contributed by atoms with Gasteiger partial charge >= 0.3 is 0 Å². The standard InChI is InChI=1S/C24H30ClNO6S2/c1-4-17-8-7-9-18(23(17)25)10-13-22-24(2,3)20-16-19(34(30,31)32)11-12-21(20)26(22)14-5-6-15-33(27,28)29/h4,10-13,16H,1,5-9,14-15H2,2-3H3,(H,27,28,29)(H,30,31,32)/b18-10+,22-13+. The molecule has 10 heteroatoms. The largest absolute Gasteiger partial charge is 0.344 e. The zero-order valence-corrected chi connectivity index (χ0v) is 21.7. The van der Waals surface area contributed by atoms with Crippen molar-refractivity contribution in [2.45, 2.75) is 56.3 Å². The normalized spacial score (nSPS) is 20.8. The number of hydrogen-bond donors (Lipinski definition) is 2. The third-order valence-corrected chi connectivity index (χ3v) is 8.48. The number of fused-ring (bicyclic) bond motifs is 1. The van der Waals surface area contributed by atoms with E-state index in [-0.39, 0.29) is 17.1 Å². The fraction of sp³-hybridized carbons (Fsp3) is 0.417. The predicted molar refractivity (Wildman–Crippen MR) is 135 cm³/mol. The SMILES string of the molecule is C=CC1=C(Cl)/C(=C/C=C2/N(CCCCS(=O)(=O)O)c3ccc(S(=O)(=O)O)cc3C2(C)C)CCC1. The van der Waals surface area contributed by atoms with E-state index in [0.29, 0.717) is 18.0 Å². The van der Waals surface area contributed by atoms with Gasteiger partial charge in [0, 0.05) is 28.4 Å². The Labute approximate surface area is 207 Å². The van der Waals surface area contributed by atoms with Gasteiger partial charge < -0.3 is 4.90 Å². The van der Waals surface area contributed by atoms with Crippen LogP contribution in [0.3, 0.4) is 0 Å². The molecule has 2 aliphatic rings. The molecule has 0 saturated heterocycles. The summed E-state index contributed by atoms with van der Waals surface area (Å²) in [6.07, 6.45) is 9.16. The molecule has 0 bridgehead atoms. The van der Waals surface area contributed by atoms with E-state index in [0.717, 1.165) is 47.4 Å². The van der Waals surface area contributed by atoms with Crippen LogP contribution in [-0.4, -0.2) is 38.2 Å². The van der Waals surface area contributed by atoms with Crippen molar-refractivity contribution in [3.05, 3.63) is 70.4 Å². The molecule has 3 rings (SSSR count). The van der Waals surface area contributed by atoms with Gasteiger partial charge in [-0.25, -0.2) is 0 Å². The van der Waals surface area contributed by atoms with E-state index in [9.17, 15) is 21.4 Å². The van der Waals surface area contributed by atoms with Crippen LogP contribution in [0.15, 0.2) is 69.8 Å². The Morgan fingerprint density at radius 2 is 1.82 bits per heavy atom. The van der Waals surface area contributed by atoms with Crippen LogP contribution in [0.5, 0.6) is 0 Å². The average molecular weight is 528 g/mol. The van der Waals surface area contributed by atoms with Crippen molar-refractivity contribution in [3.8, 4) is 0 Å². The first-order valence-electron chi connectivity index (χ1n) is 11.0. The first kappa shape index (κ1) is 26.7. The number of unbranched alkanes of at least 4 members (excludes halogenated alkanes) is 1. The van der Waals surface area contributed by atoms with Crippen LogP contribution >= 0.6 is 11.6 Å². The monoisotopic (exact) mass is 527 g/mol. The minimum Gasteiger partial charge on any atom is -0.344 e. The van der Waals surface area contributed by atoms with Crippen LogP contribution in [-0.2, 0) is 25.7 Å². The molecule has 0 unspecified atom stereocenters. The molecule has 0 amide bonds. The number of halogens is 1. The number of allylic oxidation sites excluding steroid dienone is 7. The van der Waals surface area contributed by atoms with Crippen molar-refractivity contribution < 1.29 is 25.9 Å². The van der Waals surface area contributed by atoms with E-state index in [1.54, 1.807) is 12.1 Å². The molecule has 0 spiro atoms. The second kappa shape index (κ2) is 9.99. The molecule has 0 saturated carbocycles. The fourth-order valence-electron chi connectivity index (χ4n) is 4.53. The lowest BCUT2D eigenvalue weighted by atomic mass is 9.83. The summed E-state index contributed by atoms with van der Waals surface area (Å²) >= 11 is 6.57. The van der Waals surface area contributed by atoms with E-state index in [1.165, 1.54) is 12.1 Å². The molecule has 1 aliphatic carbocycles. The molecule has 2 N–H and O–H groups in total. The van der Waals surface area contributed by atoms with Gasteiger partial charge in [0.15, 0.2) is 0 Å². The topological polar surface area (TPSA) is 112 Å². The zero-order valence-electron chi connectivity index (χ0n) is 19.3. The Morgan fingerprint density at radius 3 is 2.44 bits per heavy atom. The van der Waals surface area contributed by atoms with Gasteiger partial charge in [-0.1, -0.05) is 44.2 Å². The van der Waals surface area contributed by atoms with Gasteiger partial charge in [0.2, 0.25) is 0 Å². The summed E-state index contributed by atoms with van der Waals surface area (Å²) in [6, 6.07) is 4.49. The maximum atomic E-state index is 11.7. The van der Waals surface area contributed by atoms with Crippen molar-refractivity contribution in [2.75, 3.05) is 17.2 Å². The summed E-state index contributed by atoms with van der Waals surface area (Å²) in [5.41, 5.74) is 3.82. The Kier molecular flexibility index (Phi) is 7.84. The number of rotatable bonds is 8. The van der Waals surface area contributed by atoms with E-state index in [2.05, 4.69) is 6.58 Å². The van der Waals surface area contributed by atoms with E-state index in [4.69, 9.17) is 16.2 Å². The zero-order chi connectivity index (χ0) is 25.3. The van der Waals surface area contributed by atoms with Crippen molar-refractivity contribution >= 4 is 37.5 Å². The molecule has 1 aliphatic heterocycles. The van der Waals surface area contributed by atoms with Crippen molar-refractivity contribution in [1.29, 1.82) is 0 Å². The fourth-order valence-corrected chi connectivity index (χ4v) is 5.94. The summed E-state index contributed by atoms with van der Waals surface area (Å²) in [7, 11) is -8.41. The molecule has 0 atom stereocenters. The minimum absolute atomic E-state index is 0.181. The molecule has 34 heavy (non-hydrogen) atoms. The van der Waals surface area contributed by atoms with Gasteiger partial charge in [-0.2, -0.15) is 16.8 Å². The summed E-state index contributed by atoms with van der Waals surface area (Å²) in [5.74, 6) is -0.327. The number of benzene rings is 1. The third kappa shape index (κ3) is 5.83. The van der Waals surface area contributed by atoms with E-state index in [1.807, 2.05) is 30.9 Å². The quantitative estimate of drug-likeness (QED) is 0.345. The highest BCUT2D eigenvalue weighted by atomic mass is 35.5. The molecule has 186 valence electrons.